The summed E-state index contributed by atoms with van der Waals surface area (Å²) < 4.78 is 6.08. The average molecular weight is 386 g/mol. The number of carbonyl (C=O) groups excluding carboxylic acids is 1. The van der Waals surface area contributed by atoms with Gasteiger partial charge in [-0.05, 0) is 35.7 Å². The van der Waals surface area contributed by atoms with Gasteiger partial charge in [-0.3, -0.25) is 4.79 Å². The van der Waals surface area contributed by atoms with Crippen LogP contribution in [0, 0.1) is 0 Å². The van der Waals surface area contributed by atoms with Gasteiger partial charge in [-0.2, -0.15) is 0 Å². The molecule has 2 rings (SSSR count). The number of esters is 1. The van der Waals surface area contributed by atoms with Gasteiger partial charge in [0.25, 0.3) is 0 Å². The van der Waals surface area contributed by atoms with Crippen molar-refractivity contribution in [1.82, 2.24) is 0 Å². The van der Waals surface area contributed by atoms with E-state index in [1.807, 2.05) is 31.2 Å². The number of halogens is 2. The third-order valence-corrected chi connectivity index (χ3v) is 4.29. The minimum absolute atomic E-state index is 0.213. The minimum Gasteiger partial charge on any atom is -0.465 e. The van der Waals surface area contributed by atoms with E-state index in [1.165, 1.54) is 0 Å². The highest BCUT2D eigenvalue weighted by Gasteiger charge is 2.17. The molecule has 2 nitrogen and oxygen atoms in total. The molecule has 2 aromatic carbocycles. The van der Waals surface area contributed by atoms with E-state index >= 15 is 0 Å². The van der Waals surface area contributed by atoms with Gasteiger partial charge in [-0.1, -0.05) is 62.2 Å². The summed E-state index contributed by atoms with van der Waals surface area (Å²) in [6.45, 7) is 2.22. The summed E-state index contributed by atoms with van der Waals surface area (Å²) in [4.78, 5) is 11.4. The van der Waals surface area contributed by atoms with Gasteiger partial charge in [0, 0.05) is 4.47 Å². The van der Waals surface area contributed by atoms with Crippen LogP contribution in [0.25, 0.3) is 10.8 Å². The second kappa shape index (κ2) is 6.53. The SMILES string of the molecule is CCOC(=O)C(Br)Cc1ccc(Br)c2ccccc12. The van der Waals surface area contributed by atoms with E-state index in [0.29, 0.717) is 13.0 Å². The van der Waals surface area contributed by atoms with Gasteiger partial charge >= 0.3 is 5.97 Å². The van der Waals surface area contributed by atoms with Crippen LogP contribution in [0.3, 0.4) is 0 Å². The molecule has 19 heavy (non-hydrogen) atoms. The van der Waals surface area contributed by atoms with Crippen molar-refractivity contribution in [3.05, 3.63) is 46.4 Å². The lowest BCUT2D eigenvalue weighted by Crippen LogP contribution is -2.19. The maximum Gasteiger partial charge on any atom is 0.320 e. The molecule has 0 N–H and O–H groups in total. The molecular formula is C15H14Br2O2. The zero-order valence-corrected chi connectivity index (χ0v) is 13.7. The molecular weight excluding hydrogens is 372 g/mol. The summed E-state index contributed by atoms with van der Waals surface area (Å²) in [5, 5.41) is 2.31. The fraction of sp³-hybridized carbons (Fsp3) is 0.267. The van der Waals surface area contributed by atoms with E-state index in [0.717, 1.165) is 20.8 Å². The quantitative estimate of drug-likeness (QED) is 0.573. The number of rotatable bonds is 4. The van der Waals surface area contributed by atoms with E-state index < -0.39 is 0 Å². The molecule has 0 spiro atoms. The van der Waals surface area contributed by atoms with E-state index in [-0.39, 0.29) is 10.8 Å². The molecule has 1 atom stereocenters. The molecule has 0 aliphatic heterocycles. The van der Waals surface area contributed by atoms with Crippen LogP contribution in [-0.4, -0.2) is 17.4 Å². The molecule has 2 aromatic rings. The molecule has 0 heterocycles. The second-order valence-electron chi connectivity index (χ2n) is 4.18. The zero-order valence-electron chi connectivity index (χ0n) is 10.5. The Bertz CT molecular complexity index is 596. The predicted octanol–water partition coefficient (Wildman–Crippen LogP) is 4.47. The first-order chi connectivity index (χ1) is 9.13. The van der Waals surface area contributed by atoms with Crippen molar-refractivity contribution in [2.24, 2.45) is 0 Å². The Morgan fingerprint density at radius 3 is 2.58 bits per heavy atom. The molecule has 0 aliphatic carbocycles. The van der Waals surface area contributed by atoms with Crippen LogP contribution < -0.4 is 0 Å². The molecule has 0 radical (unpaired) electrons. The van der Waals surface area contributed by atoms with Crippen LogP contribution in [0.15, 0.2) is 40.9 Å². The summed E-state index contributed by atoms with van der Waals surface area (Å²) in [5.41, 5.74) is 1.13. The smallest absolute Gasteiger partial charge is 0.320 e. The van der Waals surface area contributed by atoms with Crippen LogP contribution in [-0.2, 0) is 16.0 Å². The van der Waals surface area contributed by atoms with Crippen molar-refractivity contribution < 1.29 is 9.53 Å². The number of hydrogen-bond donors (Lipinski definition) is 0. The Labute approximate surface area is 129 Å². The summed E-state index contributed by atoms with van der Waals surface area (Å²) in [6, 6.07) is 12.2. The van der Waals surface area contributed by atoms with Crippen molar-refractivity contribution in [2.75, 3.05) is 6.61 Å². The molecule has 0 saturated carbocycles. The van der Waals surface area contributed by atoms with Crippen molar-refractivity contribution in [1.29, 1.82) is 0 Å². The van der Waals surface area contributed by atoms with Gasteiger partial charge in [-0.15, -0.1) is 0 Å². The molecule has 0 fully saturated rings. The first kappa shape index (κ1) is 14.5. The normalized spacial score (nSPS) is 12.4. The Hall–Kier alpha value is -0.870. The van der Waals surface area contributed by atoms with Crippen LogP contribution >= 0.6 is 31.9 Å². The zero-order chi connectivity index (χ0) is 13.8. The number of hydrogen-bond acceptors (Lipinski definition) is 2. The third-order valence-electron chi connectivity index (χ3n) is 2.90. The average Bonchev–Trinajstić information content (AvgIpc) is 2.42. The summed E-state index contributed by atoms with van der Waals surface area (Å²) in [7, 11) is 0. The van der Waals surface area contributed by atoms with E-state index in [1.54, 1.807) is 0 Å². The highest BCUT2D eigenvalue weighted by Crippen LogP contribution is 2.28. The fourth-order valence-electron chi connectivity index (χ4n) is 2.01. The molecule has 0 saturated heterocycles. The Balaban J connectivity index is 2.31. The number of alkyl halides is 1. The topological polar surface area (TPSA) is 26.3 Å². The number of carbonyl (C=O) groups is 1. The van der Waals surface area contributed by atoms with E-state index in [9.17, 15) is 4.79 Å². The van der Waals surface area contributed by atoms with Gasteiger partial charge in [0.05, 0.1) is 6.61 Å². The van der Waals surface area contributed by atoms with Crippen molar-refractivity contribution in [2.45, 2.75) is 18.2 Å². The maximum atomic E-state index is 11.7. The van der Waals surface area contributed by atoms with Crippen molar-refractivity contribution >= 4 is 48.6 Å². The molecule has 100 valence electrons. The molecule has 0 aliphatic rings. The third kappa shape index (κ3) is 3.37. The van der Waals surface area contributed by atoms with Crippen molar-refractivity contribution in [3.63, 3.8) is 0 Å². The lowest BCUT2D eigenvalue weighted by atomic mass is 10.0. The fourth-order valence-corrected chi connectivity index (χ4v) is 2.97. The Morgan fingerprint density at radius 2 is 1.89 bits per heavy atom. The maximum absolute atomic E-state index is 11.7. The lowest BCUT2D eigenvalue weighted by Gasteiger charge is -2.12. The minimum atomic E-state index is -0.308. The van der Waals surface area contributed by atoms with Gasteiger partial charge < -0.3 is 4.74 Å². The van der Waals surface area contributed by atoms with Gasteiger partial charge in [0.1, 0.15) is 4.83 Å². The molecule has 0 amide bonds. The standard InChI is InChI=1S/C15H14Br2O2/c1-2-19-15(18)14(17)9-10-7-8-13(16)12-6-4-3-5-11(10)12/h3-8,14H,2,9H2,1H3. The van der Waals surface area contributed by atoms with Crippen LogP contribution in [0.1, 0.15) is 12.5 Å². The van der Waals surface area contributed by atoms with Crippen LogP contribution in [0.2, 0.25) is 0 Å². The second-order valence-corrected chi connectivity index (χ2v) is 6.14. The molecule has 0 bridgehead atoms. The first-order valence-corrected chi connectivity index (χ1v) is 7.81. The molecule has 4 heteroatoms. The summed E-state index contributed by atoms with van der Waals surface area (Å²) >= 11 is 6.95. The monoisotopic (exact) mass is 384 g/mol. The Kier molecular flexibility index (Phi) is 4.99. The van der Waals surface area contributed by atoms with Crippen LogP contribution in [0.4, 0.5) is 0 Å². The number of fused-ring (bicyclic) bond motifs is 1. The van der Waals surface area contributed by atoms with Gasteiger partial charge in [0.2, 0.25) is 0 Å². The van der Waals surface area contributed by atoms with E-state index in [2.05, 4.69) is 44.0 Å². The predicted molar refractivity (Wildman–Crippen MR) is 84.7 cm³/mol. The highest BCUT2D eigenvalue weighted by molar-refractivity contribution is 9.10. The summed E-state index contributed by atoms with van der Waals surface area (Å²) in [6.07, 6.45) is 0.618. The first-order valence-electron chi connectivity index (χ1n) is 6.10. The van der Waals surface area contributed by atoms with Gasteiger partial charge in [0.15, 0.2) is 0 Å². The van der Waals surface area contributed by atoms with Gasteiger partial charge in [-0.25, -0.2) is 0 Å². The lowest BCUT2D eigenvalue weighted by molar-refractivity contribution is -0.142. The largest absolute Gasteiger partial charge is 0.465 e. The van der Waals surface area contributed by atoms with E-state index in [4.69, 9.17) is 4.74 Å². The van der Waals surface area contributed by atoms with Crippen molar-refractivity contribution in [3.8, 4) is 0 Å². The molecule has 0 aromatic heterocycles. The Morgan fingerprint density at radius 1 is 1.21 bits per heavy atom. The van der Waals surface area contributed by atoms with Crippen LogP contribution in [0.5, 0.6) is 0 Å². The number of benzene rings is 2. The molecule has 1 unspecified atom stereocenters. The highest BCUT2D eigenvalue weighted by atomic mass is 79.9. The summed E-state index contributed by atoms with van der Waals surface area (Å²) in [5.74, 6) is -0.213. The number of ether oxygens (including phenoxy) is 1.